The van der Waals surface area contributed by atoms with Crippen LogP contribution in [0.5, 0.6) is 5.75 Å². The third kappa shape index (κ3) is 4.13. The van der Waals surface area contributed by atoms with E-state index in [0.29, 0.717) is 23.3 Å². The number of aliphatic carboxylic acids is 1. The maximum absolute atomic E-state index is 12.3. The number of fused-ring (bicyclic) bond motifs is 3. The zero-order chi connectivity index (χ0) is 19.6. The molecular weight excluding hydrogens is 350 g/mol. The Hall–Kier alpha value is -2.83. The van der Waals surface area contributed by atoms with Crippen molar-refractivity contribution in [3.05, 3.63) is 39.2 Å². The van der Waals surface area contributed by atoms with Gasteiger partial charge in [0.1, 0.15) is 11.3 Å². The van der Waals surface area contributed by atoms with Crippen LogP contribution >= 0.6 is 0 Å². The van der Waals surface area contributed by atoms with Gasteiger partial charge in [-0.15, -0.1) is 0 Å². The minimum Gasteiger partial charge on any atom is -0.550 e. The average Bonchev–Trinajstić information content (AvgIpc) is 2.60. The molecule has 1 aromatic heterocycles. The van der Waals surface area contributed by atoms with Crippen LogP contribution in [0.15, 0.2) is 21.3 Å². The Morgan fingerprint density at radius 1 is 1.26 bits per heavy atom. The number of amides is 1. The molecule has 1 atom stereocenters. The summed E-state index contributed by atoms with van der Waals surface area (Å²) in [6, 6.07) is 3.62. The molecule has 1 N–H and O–H groups in total. The number of carbonyl (C=O) groups excluding carboxylic acids is 2. The maximum Gasteiger partial charge on any atom is 0.339 e. The normalized spacial score (nSPS) is 14.4. The lowest BCUT2D eigenvalue weighted by molar-refractivity contribution is -0.305. The summed E-state index contributed by atoms with van der Waals surface area (Å²) in [5.41, 5.74) is 2.63. The van der Waals surface area contributed by atoms with E-state index in [1.165, 1.54) is 0 Å². The highest BCUT2D eigenvalue weighted by Crippen LogP contribution is 2.35. The number of nitrogens with one attached hydrogen (secondary N) is 1. The number of rotatable bonds is 6. The average molecular weight is 372 g/mol. The predicted molar refractivity (Wildman–Crippen MR) is 96.6 cm³/mol. The molecule has 0 unspecified atom stereocenters. The second-order valence-electron chi connectivity index (χ2n) is 6.86. The smallest absolute Gasteiger partial charge is 0.339 e. The van der Waals surface area contributed by atoms with Gasteiger partial charge in [0.25, 0.3) is 5.91 Å². The lowest BCUT2D eigenvalue weighted by Crippen LogP contribution is -2.38. The highest BCUT2D eigenvalue weighted by atomic mass is 16.5. The van der Waals surface area contributed by atoms with Crippen molar-refractivity contribution < 1.29 is 23.8 Å². The molecule has 1 aliphatic carbocycles. The highest BCUT2D eigenvalue weighted by Gasteiger charge is 2.23. The molecule has 0 saturated carbocycles. The summed E-state index contributed by atoms with van der Waals surface area (Å²) >= 11 is 0. The van der Waals surface area contributed by atoms with E-state index >= 15 is 0 Å². The first kappa shape index (κ1) is 18.9. The molecule has 2 aromatic rings. The molecule has 0 aliphatic heterocycles. The number of carboxylic acids is 1. The summed E-state index contributed by atoms with van der Waals surface area (Å²) in [5, 5.41) is 13.7. The molecule has 1 heterocycles. The Balaban J connectivity index is 1.93. The Labute approximate surface area is 156 Å². The van der Waals surface area contributed by atoms with Crippen LogP contribution in [0, 0.1) is 6.92 Å². The zero-order valence-electron chi connectivity index (χ0n) is 15.4. The molecule has 1 aromatic carbocycles. The van der Waals surface area contributed by atoms with Crippen molar-refractivity contribution in [3.8, 4) is 5.75 Å². The summed E-state index contributed by atoms with van der Waals surface area (Å²) in [7, 11) is 0. The molecule has 144 valence electrons. The molecule has 27 heavy (non-hydrogen) atoms. The van der Waals surface area contributed by atoms with Crippen molar-refractivity contribution in [3.63, 3.8) is 0 Å². The Bertz CT molecular complexity index is 946. The zero-order valence-corrected chi connectivity index (χ0v) is 15.4. The number of hydrogen-bond donors (Lipinski definition) is 1. The molecule has 7 heteroatoms. The maximum atomic E-state index is 12.3. The highest BCUT2D eigenvalue weighted by molar-refractivity contribution is 5.89. The van der Waals surface area contributed by atoms with E-state index in [0.717, 1.165) is 35.8 Å². The van der Waals surface area contributed by atoms with Gasteiger partial charge < -0.3 is 24.4 Å². The third-order valence-corrected chi connectivity index (χ3v) is 4.73. The van der Waals surface area contributed by atoms with Crippen molar-refractivity contribution in [2.75, 3.05) is 6.54 Å². The predicted octanol–water partition coefficient (Wildman–Crippen LogP) is 1.00. The van der Waals surface area contributed by atoms with Crippen LogP contribution in [-0.4, -0.2) is 24.5 Å². The fraction of sp³-hybridized carbons (Fsp3) is 0.450. The molecule has 0 bridgehead atoms. The monoisotopic (exact) mass is 372 g/mol. The van der Waals surface area contributed by atoms with Crippen LogP contribution in [0.25, 0.3) is 11.0 Å². The topological polar surface area (TPSA) is 109 Å². The summed E-state index contributed by atoms with van der Waals surface area (Å²) < 4.78 is 11.4. The van der Waals surface area contributed by atoms with Gasteiger partial charge in [-0.3, -0.25) is 4.79 Å². The minimum atomic E-state index is -1.23. The van der Waals surface area contributed by atoms with Crippen LogP contribution in [0.3, 0.4) is 0 Å². The van der Waals surface area contributed by atoms with Crippen molar-refractivity contribution >= 4 is 22.8 Å². The number of aryl methyl sites for hydroxylation is 2. The molecule has 0 saturated heterocycles. The van der Waals surface area contributed by atoms with Gasteiger partial charge in [-0.25, -0.2) is 4.79 Å². The van der Waals surface area contributed by atoms with E-state index in [-0.39, 0.29) is 18.6 Å². The Kier molecular flexibility index (Phi) is 5.48. The molecule has 0 fully saturated rings. The van der Waals surface area contributed by atoms with Gasteiger partial charge in [0.2, 0.25) is 0 Å². The number of ether oxygens (including phenoxy) is 1. The first-order valence-electron chi connectivity index (χ1n) is 9.10. The van der Waals surface area contributed by atoms with Gasteiger partial charge >= 0.3 is 5.63 Å². The third-order valence-electron chi connectivity index (χ3n) is 4.73. The second-order valence-corrected chi connectivity index (χ2v) is 6.86. The molecular formula is C20H22NO6-. The summed E-state index contributed by atoms with van der Waals surface area (Å²) in [4.78, 5) is 34.9. The molecule has 0 radical (unpaired) electrons. The lowest BCUT2D eigenvalue weighted by atomic mass is 9.90. The number of hydrogen-bond acceptors (Lipinski definition) is 6. The van der Waals surface area contributed by atoms with Gasteiger partial charge in [-0.2, -0.15) is 0 Å². The number of benzene rings is 1. The Morgan fingerprint density at radius 3 is 2.67 bits per heavy atom. The van der Waals surface area contributed by atoms with E-state index in [1.54, 1.807) is 13.0 Å². The van der Waals surface area contributed by atoms with Crippen LogP contribution in [-0.2, 0) is 22.4 Å². The number of carbonyl (C=O) groups is 2. The van der Waals surface area contributed by atoms with E-state index in [1.807, 2.05) is 13.0 Å². The summed E-state index contributed by atoms with van der Waals surface area (Å²) in [5.74, 6) is -1.15. The second kappa shape index (κ2) is 7.82. The van der Waals surface area contributed by atoms with Gasteiger partial charge in [-0.05, 0) is 62.8 Å². The van der Waals surface area contributed by atoms with E-state index in [2.05, 4.69) is 5.32 Å². The quantitative estimate of drug-likeness (QED) is 0.758. The molecule has 1 amide bonds. The van der Waals surface area contributed by atoms with Crippen LogP contribution < -0.4 is 20.8 Å². The fourth-order valence-electron chi connectivity index (χ4n) is 3.44. The SMILES string of the molecule is Cc1cc(O[C@@H](C)C(=O)NCCC(=O)[O-])c2c3c(c(=O)oc2c1)CCCC3. The lowest BCUT2D eigenvalue weighted by Gasteiger charge is -2.21. The van der Waals surface area contributed by atoms with E-state index in [4.69, 9.17) is 9.15 Å². The summed E-state index contributed by atoms with van der Waals surface area (Å²) in [6.45, 7) is 3.43. The van der Waals surface area contributed by atoms with Gasteiger partial charge in [0, 0.05) is 24.5 Å². The van der Waals surface area contributed by atoms with Gasteiger partial charge in [-0.1, -0.05) is 0 Å². The van der Waals surface area contributed by atoms with E-state index < -0.39 is 18.0 Å². The summed E-state index contributed by atoms with van der Waals surface area (Å²) in [6.07, 6.45) is 2.29. The molecule has 1 aliphatic rings. The Morgan fingerprint density at radius 2 is 1.96 bits per heavy atom. The van der Waals surface area contributed by atoms with Gasteiger partial charge in [0.15, 0.2) is 6.10 Å². The molecule has 7 nitrogen and oxygen atoms in total. The van der Waals surface area contributed by atoms with Gasteiger partial charge in [0.05, 0.1) is 5.39 Å². The van der Waals surface area contributed by atoms with Crippen molar-refractivity contribution in [2.45, 2.75) is 52.1 Å². The van der Waals surface area contributed by atoms with Crippen molar-refractivity contribution in [2.24, 2.45) is 0 Å². The van der Waals surface area contributed by atoms with Crippen molar-refractivity contribution in [1.29, 1.82) is 0 Å². The van der Waals surface area contributed by atoms with Crippen LogP contribution in [0.2, 0.25) is 0 Å². The molecule has 0 spiro atoms. The number of carboxylic acid groups (broad SMARTS) is 1. The largest absolute Gasteiger partial charge is 0.550 e. The van der Waals surface area contributed by atoms with E-state index in [9.17, 15) is 19.5 Å². The molecule has 3 rings (SSSR count). The fourth-order valence-corrected chi connectivity index (χ4v) is 3.44. The standard InChI is InChI=1S/C20H23NO6/c1-11-9-15(26-12(2)19(24)21-8-7-17(22)23)18-13-5-3-4-6-14(13)20(25)27-16(18)10-11/h9-10,12H,3-8H2,1-2H3,(H,21,24)(H,22,23)/p-1/t12-/m0/s1. The van der Waals surface area contributed by atoms with Crippen LogP contribution in [0.1, 0.15) is 42.9 Å². The first-order valence-corrected chi connectivity index (χ1v) is 9.10. The van der Waals surface area contributed by atoms with Crippen molar-refractivity contribution in [1.82, 2.24) is 5.32 Å². The van der Waals surface area contributed by atoms with Crippen LogP contribution in [0.4, 0.5) is 0 Å². The first-order chi connectivity index (χ1) is 12.9. The minimum absolute atomic E-state index is 0.0201.